The molecular weight excluding hydrogens is 454 g/mol. The van der Waals surface area contributed by atoms with Gasteiger partial charge in [0.05, 0.1) is 16.5 Å². The van der Waals surface area contributed by atoms with Crippen LogP contribution in [0.5, 0.6) is 5.75 Å². The number of sulfonamides is 1. The Morgan fingerprint density at radius 3 is 2.59 bits per heavy atom. The molecule has 0 bridgehead atoms. The first kappa shape index (κ1) is 24.2. The number of nitrogens with one attached hydrogen (secondary N) is 2. The number of hydrogen-bond acceptors (Lipinski definition) is 5. The number of anilines is 2. The van der Waals surface area contributed by atoms with Gasteiger partial charge in [0, 0.05) is 24.8 Å². The molecule has 2 atom stereocenters. The van der Waals surface area contributed by atoms with Gasteiger partial charge in [-0.3, -0.25) is 9.59 Å². The molecule has 0 aromatic heterocycles. The highest BCUT2D eigenvalue weighted by atomic mass is 32.2. The van der Waals surface area contributed by atoms with Crippen molar-refractivity contribution in [2.24, 2.45) is 5.92 Å². The highest BCUT2D eigenvalue weighted by molar-refractivity contribution is 7.89. The first-order chi connectivity index (χ1) is 16.1. The number of benzene rings is 2. The van der Waals surface area contributed by atoms with E-state index in [-0.39, 0.29) is 23.3 Å². The van der Waals surface area contributed by atoms with E-state index in [0.29, 0.717) is 48.0 Å². The molecule has 2 aromatic carbocycles. The second kappa shape index (κ2) is 9.38. The van der Waals surface area contributed by atoms with E-state index >= 15 is 0 Å². The summed E-state index contributed by atoms with van der Waals surface area (Å²) >= 11 is 0. The van der Waals surface area contributed by atoms with E-state index in [1.807, 2.05) is 24.3 Å². The van der Waals surface area contributed by atoms with Crippen LogP contribution >= 0.6 is 0 Å². The lowest BCUT2D eigenvalue weighted by atomic mass is 9.98. The molecule has 2 aliphatic heterocycles. The van der Waals surface area contributed by atoms with Crippen LogP contribution in [0.25, 0.3) is 0 Å². The summed E-state index contributed by atoms with van der Waals surface area (Å²) in [6.07, 6.45) is 0.512. The van der Waals surface area contributed by atoms with Crippen LogP contribution < -0.4 is 15.4 Å². The van der Waals surface area contributed by atoms with Gasteiger partial charge in [-0.15, -0.1) is 0 Å². The molecule has 2 aromatic rings. The lowest BCUT2D eigenvalue weighted by Crippen LogP contribution is -2.44. The predicted molar refractivity (Wildman–Crippen MR) is 131 cm³/mol. The van der Waals surface area contributed by atoms with Crippen molar-refractivity contribution in [1.82, 2.24) is 4.31 Å². The summed E-state index contributed by atoms with van der Waals surface area (Å²) in [7, 11) is -3.85. The summed E-state index contributed by atoms with van der Waals surface area (Å²) in [4.78, 5) is 24.9. The molecule has 0 saturated carbocycles. The van der Waals surface area contributed by atoms with Gasteiger partial charge < -0.3 is 15.4 Å². The molecule has 1 saturated heterocycles. The molecular formula is C25H31N3O5S. The molecule has 1 fully saturated rings. The second-order valence-corrected chi connectivity index (χ2v) is 11.2. The fraction of sp³-hybridized carbons (Fsp3) is 0.440. The SMILES string of the molecule is Cc1cc2c(cc1S(=O)(=O)N1CCC[C@H](C(=O)Nc3ccc(C(C)C)cc3)C1)O[C@@H](C)C(=O)N2. The minimum atomic E-state index is -3.85. The quantitative estimate of drug-likeness (QED) is 0.669. The first-order valence-corrected chi connectivity index (χ1v) is 13.0. The predicted octanol–water partition coefficient (Wildman–Crippen LogP) is 3.88. The van der Waals surface area contributed by atoms with Crippen molar-refractivity contribution in [3.63, 3.8) is 0 Å². The zero-order valence-electron chi connectivity index (χ0n) is 19.9. The third kappa shape index (κ3) is 4.81. The van der Waals surface area contributed by atoms with Crippen molar-refractivity contribution in [2.45, 2.75) is 57.5 Å². The molecule has 0 aliphatic carbocycles. The lowest BCUT2D eigenvalue weighted by Gasteiger charge is -2.32. The molecule has 182 valence electrons. The van der Waals surface area contributed by atoms with Gasteiger partial charge in [0.25, 0.3) is 5.91 Å². The van der Waals surface area contributed by atoms with Crippen LogP contribution in [0.3, 0.4) is 0 Å². The third-order valence-electron chi connectivity index (χ3n) is 6.43. The van der Waals surface area contributed by atoms with Crippen LogP contribution in [0.1, 0.15) is 50.7 Å². The van der Waals surface area contributed by atoms with Gasteiger partial charge in [0.1, 0.15) is 5.75 Å². The highest BCUT2D eigenvalue weighted by Gasteiger charge is 2.35. The molecule has 9 heteroatoms. The average molecular weight is 486 g/mol. The summed E-state index contributed by atoms with van der Waals surface area (Å²) < 4.78 is 34.0. The smallest absolute Gasteiger partial charge is 0.265 e. The Morgan fingerprint density at radius 2 is 1.91 bits per heavy atom. The van der Waals surface area contributed by atoms with Crippen LogP contribution in [0.2, 0.25) is 0 Å². The molecule has 2 N–H and O–H groups in total. The van der Waals surface area contributed by atoms with E-state index in [0.717, 1.165) is 0 Å². The Balaban J connectivity index is 1.50. The minimum absolute atomic E-state index is 0.114. The maximum Gasteiger partial charge on any atom is 0.265 e. The normalized spacial score (nSPS) is 20.9. The van der Waals surface area contributed by atoms with Crippen molar-refractivity contribution < 1.29 is 22.7 Å². The average Bonchev–Trinajstić information content (AvgIpc) is 2.80. The molecule has 8 nitrogen and oxygen atoms in total. The monoisotopic (exact) mass is 485 g/mol. The summed E-state index contributed by atoms with van der Waals surface area (Å²) in [5.74, 6) is -0.168. The fourth-order valence-corrected chi connectivity index (χ4v) is 6.08. The van der Waals surface area contributed by atoms with Gasteiger partial charge in [0.15, 0.2) is 6.10 Å². The molecule has 4 rings (SSSR count). The number of piperidine rings is 1. The molecule has 34 heavy (non-hydrogen) atoms. The fourth-order valence-electron chi connectivity index (χ4n) is 4.33. The number of hydrogen-bond donors (Lipinski definition) is 2. The zero-order valence-corrected chi connectivity index (χ0v) is 20.7. The zero-order chi connectivity index (χ0) is 24.6. The Labute approximate surface area is 200 Å². The Kier molecular flexibility index (Phi) is 6.69. The minimum Gasteiger partial charge on any atom is -0.479 e. The van der Waals surface area contributed by atoms with Gasteiger partial charge in [-0.05, 0) is 61.9 Å². The Hall–Kier alpha value is -2.91. The maximum absolute atomic E-state index is 13.5. The van der Waals surface area contributed by atoms with E-state index in [1.54, 1.807) is 19.9 Å². The third-order valence-corrected chi connectivity index (χ3v) is 8.43. The summed E-state index contributed by atoms with van der Waals surface area (Å²) in [6, 6.07) is 10.8. The maximum atomic E-state index is 13.5. The molecule has 0 unspecified atom stereocenters. The number of ether oxygens (including phenoxy) is 1. The topological polar surface area (TPSA) is 105 Å². The molecule has 0 spiro atoms. The Bertz CT molecular complexity index is 1210. The van der Waals surface area contributed by atoms with E-state index in [9.17, 15) is 18.0 Å². The number of rotatable bonds is 5. The van der Waals surface area contributed by atoms with Gasteiger partial charge in [-0.1, -0.05) is 26.0 Å². The van der Waals surface area contributed by atoms with Gasteiger partial charge in [-0.2, -0.15) is 4.31 Å². The summed E-state index contributed by atoms with van der Waals surface area (Å²) in [5.41, 5.74) is 2.85. The van der Waals surface area contributed by atoms with Crippen molar-refractivity contribution in [3.05, 3.63) is 47.5 Å². The van der Waals surface area contributed by atoms with Crippen LogP contribution in [-0.2, 0) is 19.6 Å². The van der Waals surface area contributed by atoms with Crippen LogP contribution in [-0.4, -0.2) is 43.7 Å². The standard InChI is InChI=1S/C25H31N3O5S/c1-15(2)18-7-9-20(10-8-18)26-25(30)19-6-5-11-28(14-19)34(31,32)23-13-22-21(12-16(23)3)27-24(29)17(4)33-22/h7-10,12-13,15,17,19H,5-6,11,14H2,1-4H3,(H,26,30)(H,27,29)/t17-,19-/m0/s1. The molecule has 2 aliphatic rings. The van der Waals surface area contributed by atoms with E-state index < -0.39 is 22.0 Å². The lowest BCUT2D eigenvalue weighted by molar-refractivity contribution is -0.123. The van der Waals surface area contributed by atoms with Gasteiger partial charge in [0.2, 0.25) is 15.9 Å². The molecule has 2 heterocycles. The van der Waals surface area contributed by atoms with Crippen molar-refractivity contribution >= 4 is 33.2 Å². The van der Waals surface area contributed by atoms with Crippen molar-refractivity contribution in [1.29, 1.82) is 0 Å². The van der Waals surface area contributed by atoms with Crippen molar-refractivity contribution in [3.8, 4) is 5.75 Å². The number of fused-ring (bicyclic) bond motifs is 1. The number of carbonyl (C=O) groups excluding carboxylic acids is 2. The van der Waals surface area contributed by atoms with Crippen LogP contribution in [0.15, 0.2) is 41.3 Å². The number of carbonyl (C=O) groups is 2. The molecule has 2 amide bonds. The highest BCUT2D eigenvalue weighted by Crippen LogP contribution is 2.36. The largest absolute Gasteiger partial charge is 0.479 e. The second-order valence-electron chi connectivity index (χ2n) is 9.33. The van der Waals surface area contributed by atoms with Gasteiger partial charge in [-0.25, -0.2) is 8.42 Å². The number of amides is 2. The summed E-state index contributed by atoms with van der Waals surface area (Å²) in [6.45, 7) is 7.97. The van der Waals surface area contributed by atoms with E-state index in [4.69, 9.17) is 4.74 Å². The Morgan fingerprint density at radius 1 is 1.21 bits per heavy atom. The number of nitrogens with zero attached hydrogens (tertiary/aromatic N) is 1. The van der Waals surface area contributed by atoms with E-state index in [1.165, 1.54) is 15.9 Å². The summed E-state index contributed by atoms with van der Waals surface area (Å²) in [5, 5.41) is 5.67. The first-order valence-electron chi connectivity index (χ1n) is 11.6. The van der Waals surface area contributed by atoms with Gasteiger partial charge >= 0.3 is 0 Å². The van der Waals surface area contributed by atoms with Crippen molar-refractivity contribution in [2.75, 3.05) is 23.7 Å². The van der Waals surface area contributed by atoms with Crippen LogP contribution in [0.4, 0.5) is 11.4 Å². The number of aryl methyl sites for hydroxylation is 1. The molecule has 0 radical (unpaired) electrons. The van der Waals surface area contributed by atoms with Crippen LogP contribution in [0, 0.1) is 12.8 Å². The van der Waals surface area contributed by atoms with E-state index in [2.05, 4.69) is 24.5 Å².